The van der Waals surface area contributed by atoms with Crippen molar-refractivity contribution in [3.63, 3.8) is 0 Å². The summed E-state index contributed by atoms with van der Waals surface area (Å²) < 4.78 is 5.25. The van der Waals surface area contributed by atoms with Gasteiger partial charge in [0.15, 0.2) is 5.78 Å². The molecule has 2 unspecified atom stereocenters. The topological polar surface area (TPSA) is 106 Å². The van der Waals surface area contributed by atoms with Gasteiger partial charge in [-0.25, -0.2) is 10.3 Å². The molecule has 0 aliphatic carbocycles. The van der Waals surface area contributed by atoms with Crippen LogP contribution in [0.5, 0.6) is 0 Å². The van der Waals surface area contributed by atoms with Gasteiger partial charge in [0.2, 0.25) is 5.91 Å². The van der Waals surface area contributed by atoms with Gasteiger partial charge in [0.25, 0.3) is 0 Å². The van der Waals surface area contributed by atoms with Crippen molar-refractivity contribution in [3.8, 4) is 0 Å². The zero-order chi connectivity index (χ0) is 21.3. The van der Waals surface area contributed by atoms with Crippen LogP contribution in [0.3, 0.4) is 0 Å². The summed E-state index contributed by atoms with van der Waals surface area (Å²) in [7, 11) is 0. The number of alkyl carbamates (subject to hydrolysis) is 1. The average Bonchev–Trinajstić information content (AvgIpc) is 2.58. The van der Waals surface area contributed by atoms with E-state index in [1.54, 1.807) is 20.8 Å². The SMILES string of the molecule is CC(C)C[C@H](NC(=O)OC(C)(C)C)C(=O)NC(CC1CCNOC1)C(=O)CCl. The lowest BCUT2D eigenvalue weighted by molar-refractivity contribution is -0.129. The molecule has 1 heterocycles. The maximum absolute atomic E-state index is 12.8. The lowest BCUT2D eigenvalue weighted by Crippen LogP contribution is -2.53. The van der Waals surface area contributed by atoms with E-state index < -0.39 is 29.7 Å². The quantitative estimate of drug-likeness (QED) is 0.494. The minimum Gasteiger partial charge on any atom is -0.444 e. The van der Waals surface area contributed by atoms with Crippen LogP contribution in [0.4, 0.5) is 4.79 Å². The van der Waals surface area contributed by atoms with E-state index in [1.165, 1.54) is 0 Å². The summed E-state index contributed by atoms with van der Waals surface area (Å²) in [6.07, 6.45) is 1.04. The first-order valence-corrected chi connectivity index (χ1v) is 10.3. The lowest BCUT2D eigenvalue weighted by Gasteiger charge is -2.28. The summed E-state index contributed by atoms with van der Waals surface area (Å²) in [6.45, 7) is 10.3. The van der Waals surface area contributed by atoms with E-state index in [4.69, 9.17) is 21.2 Å². The Morgan fingerprint density at radius 1 is 1.21 bits per heavy atom. The molecule has 162 valence electrons. The van der Waals surface area contributed by atoms with Crippen LogP contribution in [0.1, 0.15) is 53.9 Å². The number of hydroxylamine groups is 1. The van der Waals surface area contributed by atoms with Crippen LogP contribution in [-0.4, -0.2) is 54.5 Å². The van der Waals surface area contributed by atoms with Gasteiger partial charge < -0.3 is 20.2 Å². The number of rotatable bonds is 9. The van der Waals surface area contributed by atoms with Crippen LogP contribution in [0.25, 0.3) is 0 Å². The number of hydrogen-bond acceptors (Lipinski definition) is 6. The normalized spacial score (nSPS) is 19.6. The molecule has 1 saturated heterocycles. The van der Waals surface area contributed by atoms with Crippen LogP contribution >= 0.6 is 11.6 Å². The first kappa shape index (κ1) is 24.7. The van der Waals surface area contributed by atoms with E-state index in [0.29, 0.717) is 26.0 Å². The Kier molecular flexibility index (Phi) is 10.2. The van der Waals surface area contributed by atoms with Crippen molar-refractivity contribution in [2.45, 2.75) is 71.6 Å². The molecule has 0 aromatic rings. The van der Waals surface area contributed by atoms with Crippen LogP contribution in [0, 0.1) is 11.8 Å². The minimum absolute atomic E-state index is 0.140. The third-order valence-electron chi connectivity index (χ3n) is 4.20. The van der Waals surface area contributed by atoms with E-state index in [2.05, 4.69) is 16.1 Å². The van der Waals surface area contributed by atoms with Gasteiger partial charge in [-0.3, -0.25) is 9.59 Å². The fourth-order valence-corrected chi connectivity index (χ4v) is 3.09. The fraction of sp³-hybridized carbons (Fsp3) is 0.842. The van der Waals surface area contributed by atoms with E-state index >= 15 is 0 Å². The Bertz CT molecular complexity index is 530. The summed E-state index contributed by atoms with van der Waals surface area (Å²) in [5.41, 5.74) is 2.12. The third-order valence-corrected chi connectivity index (χ3v) is 4.46. The Labute approximate surface area is 172 Å². The summed E-state index contributed by atoms with van der Waals surface area (Å²) in [4.78, 5) is 42.4. The van der Waals surface area contributed by atoms with Gasteiger partial charge in [-0.15, -0.1) is 11.6 Å². The van der Waals surface area contributed by atoms with Gasteiger partial charge in [-0.1, -0.05) is 13.8 Å². The molecule has 3 N–H and O–H groups in total. The van der Waals surface area contributed by atoms with Crippen LogP contribution in [-0.2, 0) is 19.2 Å². The second-order valence-corrected chi connectivity index (χ2v) is 8.85. The molecule has 0 spiro atoms. The molecule has 28 heavy (non-hydrogen) atoms. The van der Waals surface area contributed by atoms with Crippen molar-refractivity contribution >= 4 is 29.4 Å². The van der Waals surface area contributed by atoms with Crippen molar-refractivity contribution < 1.29 is 24.0 Å². The summed E-state index contributed by atoms with van der Waals surface area (Å²) in [5.74, 6) is -0.566. The van der Waals surface area contributed by atoms with Crippen molar-refractivity contribution in [1.82, 2.24) is 16.1 Å². The predicted molar refractivity (Wildman–Crippen MR) is 107 cm³/mol. The highest BCUT2D eigenvalue weighted by molar-refractivity contribution is 6.28. The predicted octanol–water partition coefficient (Wildman–Crippen LogP) is 2.15. The van der Waals surface area contributed by atoms with E-state index in [0.717, 1.165) is 6.42 Å². The molecule has 0 saturated carbocycles. The summed E-state index contributed by atoms with van der Waals surface area (Å²) >= 11 is 5.73. The standard InChI is InChI=1S/C19H34ClN3O5/c1-12(2)8-15(23-18(26)28-19(3,4)5)17(25)22-14(16(24)10-20)9-13-6-7-21-27-11-13/h12-15,21H,6-11H2,1-5H3,(H,22,25)(H,23,26)/t13?,14?,15-/m0/s1. The van der Waals surface area contributed by atoms with Gasteiger partial charge >= 0.3 is 6.09 Å². The fourth-order valence-electron chi connectivity index (χ4n) is 2.90. The molecule has 8 nitrogen and oxygen atoms in total. The number of halogens is 1. The number of amides is 2. The van der Waals surface area contributed by atoms with E-state index in [9.17, 15) is 14.4 Å². The number of ether oxygens (including phenoxy) is 1. The minimum atomic E-state index is -0.801. The first-order valence-electron chi connectivity index (χ1n) is 9.75. The Morgan fingerprint density at radius 2 is 1.89 bits per heavy atom. The van der Waals surface area contributed by atoms with Crippen molar-refractivity contribution in [2.24, 2.45) is 11.8 Å². The highest BCUT2D eigenvalue weighted by atomic mass is 35.5. The van der Waals surface area contributed by atoms with Crippen LogP contribution < -0.4 is 16.1 Å². The van der Waals surface area contributed by atoms with Gasteiger partial charge in [-0.05, 0) is 51.9 Å². The Morgan fingerprint density at radius 3 is 2.39 bits per heavy atom. The molecule has 2 amide bonds. The number of carbonyl (C=O) groups excluding carboxylic acids is 3. The molecule has 0 bridgehead atoms. The van der Waals surface area contributed by atoms with E-state index in [1.807, 2.05) is 13.8 Å². The van der Waals surface area contributed by atoms with Crippen molar-refractivity contribution in [1.29, 1.82) is 0 Å². The molecule has 0 aromatic carbocycles. The van der Waals surface area contributed by atoms with Gasteiger partial charge in [0.05, 0.1) is 18.5 Å². The van der Waals surface area contributed by atoms with Crippen molar-refractivity contribution in [2.75, 3.05) is 19.0 Å². The second kappa shape index (κ2) is 11.6. The molecule has 1 aliphatic rings. The molecular formula is C19H34ClN3O5. The molecule has 0 aromatic heterocycles. The van der Waals surface area contributed by atoms with Crippen LogP contribution in [0.15, 0.2) is 0 Å². The highest BCUT2D eigenvalue weighted by Crippen LogP contribution is 2.16. The van der Waals surface area contributed by atoms with Gasteiger partial charge in [0, 0.05) is 6.54 Å². The molecule has 1 fully saturated rings. The molecule has 1 rings (SSSR count). The molecule has 9 heteroatoms. The highest BCUT2D eigenvalue weighted by Gasteiger charge is 2.30. The van der Waals surface area contributed by atoms with E-state index in [-0.39, 0.29) is 23.5 Å². The smallest absolute Gasteiger partial charge is 0.408 e. The first-order chi connectivity index (χ1) is 13.0. The molecule has 1 aliphatic heterocycles. The Balaban J connectivity index is 2.79. The third kappa shape index (κ3) is 9.71. The largest absolute Gasteiger partial charge is 0.444 e. The summed E-state index contributed by atoms with van der Waals surface area (Å²) in [5, 5.41) is 5.39. The number of nitrogens with one attached hydrogen (secondary N) is 3. The van der Waals surface area contributed by atoms with Crippen molar-refractivity contribution in [3.05, 3.63) is 0 Å². The second-order valence-electron chi connectivity index (χ2n) is 8.59. The summed E-state index contributed by atoms with van der Waals surface area (Å²) in [6, 6.07) is -1.52. The number of carbonyl (C=O) groups is 3. The maximum atomic E-state index is 12.8. The van der Waals surface area contributed by atoms with Crippen LogP contribution in [0.2, 0.25) is 0 Å². The number of ketones is 1. The maximum Gasteiger partial charge on any atom is 0.408 e. The molecule has 0 radical (unpaired) electrons. The zero-order valence-corrected chi connectivity index (χ0v) is 18.2. The monoisotopic (exact) mass is 419 g/mol. The molecule has 3 atom stereocenters. The van der Waals surface area contributed by atoms with Gasteiger partial charge in [-0.2, -0.15) is 0 Å². The average molecular weight is 420 g/mol. The number of Topliss-reactive ketones (excluding diaryl/α,β-unsaturated/α-hetero) is 1. The Hall–Kier alpha value is -1.38. The lowest BCUT2D eigenvalue weighted by atomic mass is 9.94. The number of hydrogen-bond donors (Lipinski definition) is 3. The van der Waals surface area contributed by atoms with Gasteiger partial charge in [0.1, 0.15) is 11.6 Å². The number of alkyl halides is 1. The molecular weight excluding hydrogens is 386 g/mol. The zero-order valence-electron chi connectivity index (χ0n) is 17.5.